The molecular weight excluding hydrogens is 270 g/mol. The molecule has 0 spiro atoms. The van der Waals surface area contributed by atoms with Gasteiger partial charge < -0.3 is 0 Å². The van der Waals surface area contributed by atoms with Crippen LogP contribution in [0.15, 0.2) is 64.5 Å². The number of nitrogens with zero attached hydrogens (tertiary/aromatic N) is 1. The zero-order chi connectivity index (χ0) is 14.6. The highest BCUT2D eigenvalue weighted by Crippen LogP contribution is 2.22. The Morgan fingerprint density at radius 1 is 1.05 bits per heavy atom. The molecule has 0 unspecified atom stereocenters. The molecule has 0 aliphatic carbocycles. The molecule has 20 heavy (non-hydrogen) atoms. The van der Waals surface area contributed by atoms with E-state index in [0.29, 0.717) is 5.56 Å². The van der Waals surface area contributed by atoms with E-state index in [1.807, 2.05) is 13.0 Å². The van der Waals surface area contributed by atoms with Crippen LogP contribution in [0.3, 0.4) is 0 Å². The molecule has 3 nitrogen and oxygen atoms in total. The third-order valence-electron chi connectivity index (χ3n) is 2.81. The second-order valence-electron chi connectivity index (χ2n) is 4.32. The van der Waals surface area contributed by atoms with Crippen LogP contribution in [0.25, 0.3) is 10.9 Å². The first-order valence-electron chi connectivity index (χ1n) is 6.00. The van der Waals surface area contributed by atoms with Crippen molar-refractivity contribution in [1.29, 1.82) is 0 Å². The molecule has 0 radical (unpaired) electrons. The molecule has 0 heterocycles. The lowest BCUT2D eigenvalue weighted by atomic mass is 10.2. The molecule has 0 saturated heterocycles. The van der Waals surface area contributed by atoms with Crippen LogP contribution < -0.4 is 0 Å². The van der Waals surface area contributed by atoms with E-state index in [0.717, 1.165) is 5.56 Å². The van der Waals surface area contributed by atoms with Crippen LogP contribution in [0.4, 0.5) is 0 Å². The first-order chi connectivity index (χ1) is 9.54. The Balaban J connectivity index is 2.49. The third kappa shape index (κ3) is 2.95. The standard InChI is InChI=1S/C16H13NO2S/c1-13-8-10-15(11-9-13)20(18,19)16(17-2)12-14-6-4-3-5-7-14/h3-12H,1H3/b16-12+. The molecule has 0 atom stereocenters. The van der Waals surface area contributed by atoms with E-state index in [1.165, 1.54) is 18.2 Å². The normalized spacial score (nSPS) is 11.9. The minimum atomic E-state index is -3.76. The van der Waals surface area contributed by atoms with Crippen molar-refractivity contribution >= 4 is 15.9 Å². The molecule has 0 bridgehead atoms. The molecule has 0 aliphatic heterocycles. The Kier molecular flexibility index (Phi) is 4.02. The maximum Gasteiger partial charge on any atom is 0.283 e. The number of rotatable bonds is 3. The minimum Gasteiger partial charge on any atom is -0.230 e. The fraction of sp³-hybridized carbons (Fsp3) is 0.0625. The first kappa shape index (κ1) is 14.0. The van der Waals surface area contributed by atoms with Gasteiger partial charge in [-0.3, -0.25) is 0 Å². The number of sulfone groups is 1. The van der Waals surface area contributed by atoms with E-state index >= 15 is 0 Å². The van der Waals surface area contributed by atoms with Crippen molar-refractivity contribution in [1.82, 2.24) is 0 Å². The fourth-order valence-corrected chi connectivity index (χ4v) is 2.85. The topological polar surface area (TPSA) is 38.5 Å². The number of hydrogen-bond donors (Lipinski definition) is 0. The van der Waals surface area contributed by atoms with Crippen molar-refractivity contribution in [2.45, 2.75) is 11.8 Å². The Bertz CT molecular complexity index is 767. The zero-order valence-electron chi connectivity index (χ0n) is 10.9. The van der Waals surface area contributed by atoms with Gasteiger partial charge in [-0.15, -0.1) is 0 Å². The summed E-state index contributed by atoms with van der Waals surface area (Å²) in [6.45, 7) is 9.01. The molecule has 4 heteroatoms. The fourth-order valence-electron chi connectivity index (χ4n) is 1.70. The maximum atomic E-state index is 12.4. The molecule has 0 N–H and O–H groups in total. The first-order valence-corrected chi connectivity index (χ1v) is 7.48. The molecular formula is C16H13NO2S. The van der Waals surface area contributed by atoms with Crippen LogP contribution in [0.1, 0.15) is 11.1 Å². The molecule has 2 aromatic rings. The van der Waals surface area contributed by atoms with Gasteiger partial charge in [-0.25, -0.2) is 13.3 Å². The summed E-state index contributed by atoms with van der Waals surface area (Å²) in [5.41, 5.74) is 1.66. The summed E-state index contributed by atoms with van der Waals surface area (Å²) in [5, 5.41) is -0.271. The van der Waals surface area contributed by atoms with Crippen molar-refractivity contribution in [2.75, 3.05) is 0 Å². The molecule has 0 aliphatic rings. The smallest absolute Gasteiger partial charge is 0.230 e. The molecule has 0 saturated carbocycles. The summed E-state index contributed by atoms with van der Waals surface area (Å²) in [4.78, 5) is 3.32. The number of benzene rings is 2. The van der Waals surface area contributed by atoms with Crippen LogP contribution in [0.5, 0.6) is 0 Å². The van der Waals surface area contributed by atoms with Crippen LogP contribution in [-0.2, 0) is 9.84 Å². The Hall–Kier alpha value is -2.38. The summed E-state index contributed by atoms with van der Waals surface area (Å²) in [5.74, 6) is 0. The van der Waals surface area contributed by atoms with E-state index in [2.05, 4.69) is 4.85 Å². The van der Waals surface area contributed by atoms with E-state index in [1.54, 1.807) is 36.4 Å². The average molecular weight is 283 g/mol. The van der Waals surface area contributed by atoms with Gasteiger partial charge in [-0.1, -0.05) is 48.0 Å². The number of aryl methyl sites for hydroxylation is 1. The summed E-state index contributed by atoms with van der Waals surface area (Å²) < 4.78 is 24.8. The highest BCUT2D eigenvalue weighted by Gasteiger charge is 2.21. The van der Waals surface area contributed by atoms with E-state index in [-0.39, 0.29) is 9.92 Å². The van der Waals surface area contributed by atoms with E-state index in [9.17, 15) is 8.42 Å². The lowest BCUT2D eigenvalue weighted by Gasteiger charge is -2.03. The third-order valence-corrected chi connectivity index (χ3v) is 4.46. The summed E-state index contributed by atoms with van der Waals surface area (Å²) in [6.07, 6.45) is 1.39. The quantitative estimate of drug-likeness (QED) is 0.806. The van der Waals surface area contributed by atoms with Crippen LogP contribution >= 0.6 is 0 Å². The molecule has 2 aromatic carbocycles. The predicted molar refractivity (Wildman–Crippen MR) is 79.4 cm³/mol. The Labute approximate surface area is 118 Å². The largest absolute Gasteiger partial charge is 0.283 e. The monoisotopic (exact) mass is 283 g/mol. The van der Waals surface area contributed by atoms with Crippen molar-refractivity contribution in [3.63, 3.8) is 0 Å². The maximum absolute atomic E-state index is 12.4. The molecule has 0 aromatic heterocycles. The van der Waals surface area contributed by atoms with Crippen molar-refractivity contribution in [2.24, 2.45) is 0 Å². The molecule has 2 rings (SSSR count). The SMILES string of the molecule is [C-]#[N+]/C(=C\c1ccccc1)S(=O)(=O)c1ccc(C)cc1. The van der Waals surface area contributed by atoms with Gasteiger partial charge in [0.25, 0.3) is 5.03 Å². The van der Waals surface area contributed by atoms with Gasteiger partial charge in [0, 0.05) is 0 Å². The summed E-state index contributed by atoms with van der Waals surface area (Å²) >= 11 is 0. The minimum absolute atomic E-state index is 0.140. The lowest BCUT2D eigenvalue weighted by molar-refractivity contribution is 0.603. The van der Waals surface area contributed by atoms with Crippen LogP contribution in [-0.4, -0.2) is 8.42 Å². The predicted octanol–water partition coefficient (Wildman–Crippen LogP) is 3.69. The van der Waals surface area contributed by atoms with Crippen LogP contribution in [0.2, 0.25) is 0 Å². The van der Waals surface area contributed by atoms with Crippen molar-refractivity contribution < 1.29 is 8.42 Å². The van der Waals surface area contributed by atoms with Gasteiger partial charge in [0.15, 0.2) is 0 Å². The highest BCUT2D eigenvalue weighted by molar-refractivity contribution is 7.95. The van der Waals surface area contributed by atoms with Crippen molar-refractivity contribution in [3.8, 4) is 0 Å². The summed E-state index contributed by atoms with van der Waals surface area (Å²) in [6, 6.07) is 15.4. The Morgan fingerprint density at radius 3 is 2.20 bits per heavy atom. The van der Waals surface area contributed by atoms with Gasteiger partial charge >= 0.3 is 0 Å². The zero-order valence-corrected chi connectivity index (χ0v) is 11.8. The Morgan fingerprint density at radius 2 is 1.65 bits per heavy atom. The van der Waals surface area contributed by atoms with Gasteiger partial charge in [-0.05, 0) is 30.7 Å². The second kappa shape index (κ2) is 5.72. The van der Waals surface area contributed by atoms with Gasteiger partial charge in [-0.2, -0.15) is 0 Å². The highest BCUT2D eigenvalue weighted by atomic mass is 32.2. The van der Waals surface area contributed by atoms with Gasteiger partial charge in [0.05, 0.1) is 11.5 Å². The average Bonchev–Trinajstić information content (AvgIpc) is 2.46. The molecule has 0 fully saturated rings. The molecule has 100 valence electrons. The van der Waals surface area contributed by atoms with Gasteiger partial charge in [0.2, 0.25) is 9.84 Å². The van der Waals surface area contributed by atoms with E-state index < -0.39 is 9.84 Å². The summed E-state index contributed by atoms with van der Waals surface area (Å²) in [7, 11) is -3.76. The van der Waals surface area contributed by atoms with Gasteiger partial charge in [0.1, 0.15) is 0 Å². The van der Waals surface area contributed by atoms with E-state index in [4.69, 9.17) is 6.57 Å². The molecule has 0 amide bonds. The van der Waals surface area contributed by atoms with Crippen LogP contribution in [0, 0.1) is 13.5 Å². The second-order valence-corrected chi connectivity index (χ2v) is 6.22. The number of hydrogen-bond acceptors (Lipinski definition) is 2. The lowest BCUT2D eigenvalue weighted by Crippen LogP contribution is -2.02. The van der Waals surface area contributed by atoms with Crippen molar-refractivity contribution in [3.05, 3.63) is 82.2 Å².